The van der Waals surface area contributed by atoms with Crippen LogP contribution in [0.4, 0.5) is 0 Å². The summed E-state index contributed by atoms with van der Waals surface area (Å²) in [6.45, 7) is 11.4. The van der Waals surface area contributed by atoms with E-state index in [1.165, 1.54) is 173 Å². The lowest BCUT2D eigenvalue weighted by Crippen LogP contribution is -2.30. The van der Waals surface area contributed by atoms with Crippen molar-refractivity contribution < 1.29 is 28.6 Å². The number of unbranched alkanes of at least 4 members (excludes halogenated alkanes) is 29. The van der Waals surface area contributed by atoms with Crippen molar-refractivity contribution in [1.82, 2.24) is 0 Å². The third kappa shape index (κ3) is 42.5. The summed E-state index contributed by atoms with van der Waals surface area (Å²) in [7, 11) is 0. The Hall–Kier alpha value is -1.59. The molecule has 0 aromatic rings. The van der Waals surface area contributed by atoms with Gasteiger partial charge in [-0.1, -0.05) is 247 Å². The number of esters is 3. The van der Waals surface area contributed by atoms with Crippen LogP contribution in [0.3, 0.4) is 0 Å². The molecule has 0 saturated heterocycles. The molecule has 0 heterocycles. The minimum absolute atomic E-state index is 0.0640. The Morgan fingerprint density at radius 1 is 0.345 bits per heavy atom. The molecule has 3 atom stereocenters. The van der Waals surface area contributed by atoms with E-state index in [0.717, 1.165) is 69.6 Å². The Kier molecular flexibility index (Phi) is 43.7. The SMILES string of the molecule is CCCCCCCCCCCCC(=O)O[C@@H](COC(=O)CCCCCCCCCCCCCCCCC(C)CC)COC(=O)CCCCCCCCCCC(C)CC. The lowest BCUT2D eigenvalue weighted by Gasteiger charge is -2.18. The molecule has 0 fully saturated rings. The fourth-order valence-electron chi connectivity index (χ4n) is 7.75. The third-order valence-electron chi connectivity index (χ3n) is 12.4. The standard InChI is InChI=1S/C52H100O6/c1-6-9-10-11-12-13-21-29-34-39-44-52(55)58-49(46-57-51(54)43-38-33-28-24-23-26-31-36-41-48(5)8-3)45-56-50(53)42-37-32-27-22-19-17-15-14-16-18-20-25-30-35-40-47(4)7-2/h47-49H,6-46H2,1-5H3/t47?,48?,49-/m0/s1. The number of hydrogen-bond acceptors (Lipinski definition) is 6. The smallest absolute Gasteiger partial charge is 0.306 e. The first-order valence-electron chi connectivity index (χ1n) is 25.8. The summed E-state index contributed by atoms with van der Waals surface area (Å²) >= 11 is 0. The predicted molar refractivity (Wildman–Crippen MR) is 247 cm³/mol. The van der Waals surface area contributed by atoms with Gasteiger partial charge in [0.15, 0.2) is 6.10 Å². The van der Waals surface area contributed by atoms with Crippen molar-refractivity contribution >= 4 is 17.9 Å². The average Bonchev–Trinajstić information content (AvgIpc) is 3.22. The van der Waals surface area contributed by atoms with Crippen molar-refractivity contribution in [3.8, 4) is 0 Å². The molecule has 344 valence electrons. The second kappa shape index (κ2) is 44.9. The minimum Gasteiger partial charge on any atom is -0.462 e. The van der Waals surface area contributed by atoms with Gasteiger partial charge in [0.25, 0.3) is 0 Å². The van der Waals surface area contributed by atoms with Crippen LogP contribution in [0.5, 0.6) is 0 Å². The molecule has 58 heavy (non-hydrogen) atoms. The van der Waals surface area contributed by atoms with Crippen LogP contribution in [0.2, 0.25) is 0 Å². The molecule has 0 bridgehead atoms. The first-order valence-corrected chi connectivity index (χ1v) is 25.8. The van der Waals surface area contributed by atoms with Gasteiger partial charge in [-0.05, 0) is 31.1 Å². The fraction of sp³-hybridized carbons (Fsp3) is 0.942. The fourth-order valence-corrected chi connectivity index (χ4v) is 7.75. The van der Waals surface area contributed by atoms with Gasteiger partial charge >= 0.3 is 17.9 Å². The van der Waals surface area contributed by atoms with Gasteiger partial charge in [-0.2, -0.15) is 0 Å². The van der Waals surface area contributed by atoms with E-state index in [2.05, 4.69) is 34.6 Å². The van der Waals surface area contributed by atoms with Crippen molar-refractivity contribution in [3.63, 3.8) is 0 Å². The molecule has 6 heteroatoms. The normalized spacial score (nSPS) is 13.0. The van der Waals surface area contributed by atoms with Crippen LogP contribution >= 0.6 is 0 Å². The Labute approximate surface area is 361 Å². The van der Waals surface area contributed by atoms with Crippen LogP contribution in [0.25, 0.3) is 0 Å². The highest BCUT2D eigenvalue weighted by Gasteiger charge is 2.19. The Balaban J connectivity index is 4.26. The van der Waals surface area contributed by atoms with Crippen LogP contribution < -0.4 is 0 Å². The van der Waals surface area contributed by atoms with E-state index in [1.54, 1.807) is 0 Å². The van der Waals surface area contributed by atoms with Gasteiger partial charge < -0.3 is 14.2 Å². The zero-order chi connectivity index (χ0) is 42.6. The molecule has 6 nitrogen and oxygen atoms in total. The topological polar surface area (TPSA) is 78.9 Å². The first kappa shape index (κ1) is 56.4. The Bertz CT molecular complexity index is 889. The molecule has 0 rings (SSSR count). The van der Waals surface area contributed by atoms with Gasteiger partial charge in [0.05, 0.1) is 0 Å². The molecular weight excluding hydrogens is 721 g/mol. The van der Waals surface area contributed by atoms with Crippen LogP contribution in [-0.4, -0.2) is 37.2 Å². The van der Waals surface area contributed by atoms with E-state index >= 15 is 0 Å². The molecule has 0 spiro atoms. The van der Waals surface area contributed by atoms with Crippen LogP contribution in [-0.2, 0) is 28.6 Å². The molecule has 0 aliphatic carbocycles. The molecule has 0 radical (unpaired) electrons. The molecule has 0 aliphatic heterocycles. The summed E-state index contributed by atoms with van der Waals surface area (Å²) in [6, 6.07) is 0. The minimum atomic E-state index is -0.761. The maximum Gasteiger partial charge on any atom is 0.306 e. The van der Waals surface area contributed by atoms with E-state index in [9.17, 15) is 14.4 Å². The van der Waals surface area contributed by atoms with Crippen LogP contribution in [0.1, 0.15) is 285 Å². The summed E-state index contributed by atoms with van der Waals surface area (Å²) < 4.78 is 16.8. The number of rotatable bonds is 46. The molecule has 0 N–H and O–H groups in total. The number of carbonyl (C=O) groups excluding carboxylic acids is 3. The van der Waals surface area contributed by atoms with Crippen molar-refractivity contribution in [2.45, 2.75) is 291 Å². The van der Waals surface area contributed by atoms with Crippen molar-refractivity contribution in [3.05, 3.63) is 0 Å². The van der Waals surface area contributed by atoms with E-state index in [4.69, 9.17) is 14.2 Å². The van der Waals surface area contributed by atoms with E-state index in [0.29, 0.717) is 19.3 Å². The molecule has 0 saturated carbocycles. The molecule has 0 amide bonds. The summed E-state index contributed by atoms with van der Waals surface area (Å²) in [6.07, 6.45) is 45.1. The molecule has 2 unspecified atom stereocenters. The summed E-state index contributed by atoms with van der Waals surface area (Å²) in [5, 5.41) is 0. The number of ether oxygens (including phenoxy) is 3. The monoisotopic (exact) mass is 821 g/mol. The van der Waals surface area contributed by atoms with E-state index < -0.39 is 6.10 Å². The van der Waals surface area contributed by atoms with Gasteiger partial charge in [-0.25, -0.2) is 0 Å². The van der Waals surface area contributed by atoms with E-state index in [1.807, 2.05) is 0 Å². The van der Waals surface area contributed by atoms with Crippen molar-refractivity contribution in [2.24, 2.45) is 11.8 Å². The molecule has 0 aromatic heterocycles. The summed E-state index contributed by atoms with van der Waals surface area (Å²) in [5.41, 5.74) is 0. The Morgan fingerprint density at radius 2 is 0.603 bits per heavy atom. The van der Waals surface area contributed by atoms with E-state index in [-0.39, 0.29) is 31.1 Å². The maximum atomic E-state index is 12.7. The number of carbonyl (C=O) groups is 3. The molecule has 0 aromatic carbocycles. The summed E-state index contributed by atoms with van der Waals surface area (Å²) in [5.74, 6) is 0.892. The quantitative estimate of drug-likeness (QED) is 0.0346. The second-order valence-electron chi connectivity index (χ2n) is 18.3. The van der Waals surface area contributed by atoms with Gasteiger partial charge in [-0.3, -0.25) is 14.4 Å². The Morgan fingerprint density at radius 3 is 0.897 bits per heavy atom. The third-order valence-corrected chi connectivity index (χ3v) is 12.4. The zero-order valence-electron chi connectivity index (χ0n) is 39.7. The highest BCUT2D eigenvalue weighted by molar-refractivity contribution is 5.71. The predicted octanol–water partition coefficient (Wildman–Crippen LogP) is 16.5. The molecule has 0 aliphatic rings. The largest absolute Gasteiger partial charge is 0.462 e. The summed E-state index contributed by atoms with van der Waals surface area (Å²) in [4.78, 5) is 37.9. The van der Waals surface area contributed by atoms with Crippen LogP contribution in [0.15, 0.2) is 0 Å². The average molecular weight is 821 g/mol. The van der Waals surface area contributed by atoms with Gasteiger partial charge in [0.1, 0.15) is 13.2 Å². The van der Waals surface area contributed by atoms with Crippen LogP contribution in [0, 0.1) is 11.8 Å². The van der Waals surface area contributed by atoms with Gasteiger partial charge in [-0.15, -0.1) is 0 Å². The van der Waals surface area contributed by atoms with Gasteiger partial charge in [0.2, 0.25) is 0 Å². The van der Waals surface area contributed by atoms with Gasteiger partial charge in [0, 0.05) is 19.3 Å². The number of hydrogen-bond donors (Lipinski definition) is 0. The lowest BCUT2D eigenvalue weighted by atomic mass is 9.99. The second-order valence-corrected chi connectivity index (χ2v) is 18.3. The first-order chi connectivity index (χ1) is 28.3. The highest BCUT2D eigenvalue weighted by atomic mass is 16.6. The maximum absolute atomic E-state index is 12.7. The molecular formula is C52H100O6. The zero-order valence-corrected chi connectivity index (χ0v) is 39.7. The highest BCUT2D eigenvalue weighted by Crippen LogP contribution is 2.18. The lowest BCUT2D eigenvalue weighted by molar-refractivity contribution is -0.167. The van der Waals surface area contributed by atoms with Crippen molar-refractivity contribution in [2.75, 3.05) is 13.2 Å². The van der Waals surface area contributed by atoms with Crippen molar-refractivity contribution in [1.29, 1.82) is 0 Å².